The van der Waals surface area contributed by atoms with Crippen molar-refractivity contribution in [2.24, 2.45) is 0 Å². The highest BCUT2D eigenvalue weighted by atomic mass is 16.1. The van der Waals surface area contributed by atoms with Crippen LogP contribution in [0.2, 0.25) is 0 Å². The Labute approximate surface area is 124 Å². The van der Waals surface area contributed by atoms with Gasteiger partial charge in [0.05, 0.1) is 11.0 Å². The zero-order chi connectivity index (χ0) is 14.9. The molecular weight excluding hydrogens is 278 g/mol. The molecule has 2 aromatic carbocycles. The van der Waals surface area contributed by atoms with Crippen LogP contribution in [0.3, 0.4) is 0 Å². The van der Waals surface area contributed by atoms with Crippen LogP contribution in [0.25, 0.3) is 33.9 Å². The fourth-order valence-corrected chi connectivity index (χ4v) is 2.27. The third-order valence-electron chi connectivity index (χ3n) is 3.34. The van der Waals surface area contributed by atoms with Gasteiger partial charge >= 0.3 is 0 Å². The van der Waals surface area contributed by atoms with E-state index in [2.05, 4.69) is 25.1 Å². The highest BCUT2D eigenvalue weighted by Gasteiger charge is 2.13. The summed E-state index contributed by atoms with van der Waals surface area (Å²) in [6, 6.07) is 16.9. The van der Waals surface area contributed by atoms with Gasteiger partial charge in [0.1, 0.15) is 0 Å². The monoisotopic (exact) mass is 289 g/mol. The van der Waals surface area contributed by atoms with Crippen molar-refractivity contribution in [3.8, 4) is 22.9 Å². The normalized spacial score (nSPS) is 10.9. The van der Waals surface area contributed by atoms with E-state index in [0.717, 1.165) is 5.56 Å². The van der Waals surface area contributed by atoms with Gasteiger partial charge in [0.2, 0.25) is 0 Å². The van der Waals surface area contributed by atoms with Gasteiger partial charge in [-0.05, 0) is 12.1 Å². The summed E-state index contributed by atoms with van der Waals surface area (Å²) in [6.45, 7) is 0. The Hall–Kier alpha value is -3.28. The summed E-state index contributed by atoms with van der Waals surface area (Å²) in [7, 11) is 0. The summed E-state index contributed by atoms with van der Waals surface area (Å²) in [4.78, 5) is 23.7. The molecule has 0 amide bonds. The van der Waals surface area contributed by atoms with Crippen LogP contribution in [0.15, 0.2) is 59.4 Å². The van der Waals surface area contributed by atoms with Gasteiger partial charge in [-0.2, -0.15) is 5.10 Å². The quantitative estimate of drug-likeness (QED) is 0.593. The van der Waals surface area contributed by atoms with Crippen molar-refractivity contribution < 1.29 is 0 Å². The number of fused-ring (bicyclic) bond motifs is 1. The lowest BCUT2D eigenvalue weighted by molar-refractivity contribution is 1.08. The highest BCUT2D eigenvalue weighted by Crippen LogP contribution is 2.17. The number of H-pyrrole nitrogens is 2. The molecule has 0 aliphatic rings. The lowest BCUT2D eigenvalue weighted by Gasteiger charge is -1.99. The van der Waals surface area contributed by atoms with Gasteiger partial charge < -0.3 is 4.98 Å². The SMILES string of the molecule is O=c1[nH]c2ccccc2nc1-c1nc(-c2ccccc2)n[nH]1. The summed E-state index contributed by atoms with van der Waals surface area (Å²) in [5.74, 6) is 0.885. The Morgan fingerprint density at radius 1 is 0.864 bits per heavy atom. The van der Waals surface area contributed by atoms with Gasteiger partial charge in [0.25, 0.3) is 5.56 Å². The number of aromatic nitrogens is 5. The molecule has 0 fully saturated rings. The minimum absolute atomic E-state index is 0.230. The molecule has 2 aromatic heterocycles. The zero-order valence-electron chi connectivity index (χ0n) is 11.4. The minimum Gasteiger partial charge on any atom is -0.319 e. The topological polar surface area (TPSA) is 87.3 Å². The molecule has 106 valence electrons. The molecule has 4 rings (SSSR count). The van der Waals surface area contributed by atoms with Crippen molar-refractivity contribution in [2.45, 2.75) is 0 Å². The Kier molecular flexibility index (Phi) is 2.79. The van der Waals surface area contributed by atoms with Crippen molar-refractivity contribution in [3.63, 3.8) is 0 Å². The molecule has 4 aromatic rings. The number of aromatic amines is 2. The molecule has 6 heteroatoms. The molecule has 22 heavy (non-hydrogen) atoms. The highest BCUT2D eigenvalue weighted by molar-refractivity contribution is 5.76. The lowest BCUT2D eigenvalue weighted by atomic mass is 10.2. The molecule has 0 atom stereocenters. The average Bonchev–Trinajstić information content (AvgIpc) is 3.05. The van der Waals surface area contributed by atoms with Crippen LogP contribution in [-0.4, -0.2) is 25.1 Å². The smallest absolute Gasteiger partial charge is 0.278 e. The van der Waals surface area contributed by atoms with Crippen molar-refractivity contribution in [1.29, 1.82) is 0 Å². The van der Waals surface area contributed by atoms with E-state index in [1.165, 1.54) is 0 Å². The maximum atomic E-state index is 12.2. The molecule has 0 bridgehead atoms. The van der Waals surface area contributed by atoms with Crippen LogP contribution in [0.1, 0.15) is 0 Å². The summed E-state index contributed by atoms with van der Waals surface area (Å²) < 4.78 is 0. The standard InChI is InChI=1S/C16H11N5O/c22-16-13(17-11-8-4-5-9-12(11)18-16)15-19-14(20-21-15)10-6-2-1-3-7-10/h1-9H,(H,18,22)(H,19,20,21). The number of rotatable bonds is 2. The van der Waals surface area contributed by atoms with E-state index in [0.29, 0.717) is 22.7 Å². The van der Waals surface area contributed by atoms with Crippen LogP contribution in [0, 0.1) is 0 Å². The van der Waals surface area contributed by atoms with Gasteiger partial charge in [-0.25, -0.2) is 9.97 Å². The van der Waals surface area contributed by atoms with Crippen molar-refractivity contribution >= 4 is 11.0 Å². The molecule has 0 saturated carbocycles. The lowest BCUT2D eigenvalue weighted by Crippen LogP contribution is -2.12. The molecule has 0 saturated heterocycles. The van der Waals surface area contributed by atoms with Gasteiger partial charge in [-0.15, -0.1) is 0 Å². The Bertz CT molecular complexity index is 1000. The summed E-state index contributed by atoms with van der Waals surface area (Å²) in [6.07, 6.45) is 0. The van der Waals surface area contributed by atoms with Crippen molar-refractivity contribution in [2.75, 3.05) is 0 Å². The molecule has 6 nitrogen and oxygen atoms in total. The summed E-state index contributed by atoms with van der Waals surface area (Å²) in [5.41, 5.74) is 2.21. The van der Waals surface area contributed by atoms with E-state index in [4.69, 9.17) is 0 Å². The molecule has 0 aliphatic heterocycles. The Morgan fingerprint density at radius 2 is 1.64 bits per heavy atom. The first-order valence-corrected chi connectivity index (χ1v) is 6.78. The summed E-state index contributed by atoms with van der Waals surface area (Å²) >= 11 is 0. The molecule has 2 heterocycles. The first-order valence-electron chi connectivity index (χ1n) is 6.78. The number of nitrogens with zero attached hydrogens (tertiary/aromatic N) is 3. The number of para-hydroxylation sites is 2. The predicted octanol–water partition coefficient (Wildman–Crippen LogP) is 2.38. The maximum Gasteiger partial charge on any atom is 0.278 e. The third kappa shape index (κ3) is 2.07. The van der Waals surface area contributed by atoms with Crippen LogP contribution in [0.4, 0.5) is 0 Å². The van der Waals surface area contributed by atoms with Crippen molar-refractivity contribution in [3.05, 3.63) is 65.0 Å². The van der Waals surface area contributed by atoms with E-state index in [9.17, 15) is 4.79 Å². The van der Waals surface area contributed by atoms with Crippen LogP contribution < -0.4 is 5.56 Å². The molecule has 2 N–H and O–H groups in total. The van der Waals surface area contributed by atoms with Gasteiger partial charge in [0.15, 0.2) is 17.3 Å². The zero-order valence-corrected chi connectivity index (χ0v) is 11.4. The number of nitrogens with one attached hydrogen (secondary N) is 2. The van der Waals surface area contributed by atoms with Gasteiger partial charge in [-0.3, -0.25) is 9.89 Å². The second-order valence-electron chi connectivity index (χ2n) is 4.81. The molecular formula is C16H11N5O. The molecule has 0 spiro atoms. The van der Waals surface area contributed by atoms with Crippen LogP contribution in [-0.2, 0) is 0 Å². The number of benzene rings is 2. The van der Waals surface area contributed by atoms with Crippen molar-refractivity contribution in [1.82, 2.24) is 25.1 Å². The Morgan fingerprint density at radius 3 is 2.50 bits per heavy atom. The average molecular weight is 289 g/mol. The van der Waals surface area contributed by atoms with E-state index in [-0.39, 0.29) is 11.3 Å². The van der Waals surface area contributed by atoms with E-state index in [1.807, 2.05) is 54.6 Å². The molecule has 0 aliphatic carbocycles. The fourth-order valence-electron chi connectivity index (χ4n) is 2.27. The largest absolute Gasteiger partial charge is 0.319 e. The fraction of sp³-hybridized carbons (Fsp3) is 0. The Balaban J connectivity index is 1.84. The maximum absolute atomic E-state index is 12.2. The summed E-state index contributed by atoms with van der Waals surface area (Å²) in [5, 5.41) is 6.94. The first kappa shape index (κ1) is 12.5. The molecule has 0 unspecified atom stereocenters. The van der Waals surface area contributed by atoms with Crippen LogP contribution >= 0.6 is 0 Å². The first-order chi connectivity index (χ1) is 10.8. The van der Waals surface area contributed by atoms with E-state index in [1.54, 1.807) is 0 Å². The van der Waals surface area contributed by atoms with Gasteiger partial charge in [-0.1, -0.05) is 42.5 Å². The number of hydrogen-bond acceptors (Lipinski definition) is 4. The predicted molar refractivity (Wildman–Crippen MR) is 83.2 cm³/mol. The van der Waals surface area contributed by atoms with E-state index < -0.39 is 0 Å². The number of hydrogen-bond donors (Lipinski definition) is 2. The van der Waals surface area contributed by atoms with E-state index >= 15 is 0 Å². The second kappa shape index (κ2) is 4.92. The second-order valence-corrected chi connectivity index (χ2v) is 4.81. The third-order valence-corrected chi connectivity index (χ3v) is 3.34. The van der Waals surface area contributed by atoms with Crippen LogP contribution in [0.5, 0.6) is 0 Å². The molecule has 0 radical (unpaired) electrons. The van der Waals surface area contributed by atoms with Gasteiger partial charge in [0, 0.05) is 5.56 Å². The minimum atomic E-state index is -0.297.